The highest BCUT2D eigenvalue weighted by molar-refractivity contribution is 5.97. The van der Waals surface area contributed by atoms with Crippen molar-refractivity contribution in [1.82, 2.24) is 15.1 Å². The van der Waals surface area contributed by atoms with Crippen molar-refractivity contribution in [2.24, 2.45) is 5.92 Å². The number of halogens is 3. The van der Waals surface area contributed by atoms with Crippen LogP contribution in [0.2, 0.25) is 0 Å². The van der Waals surface area contributed by atoms with Gasteiger partial charge < -0.3 is 20.1 Å². The van der Waals surface area contributed by atoms with Crippen molar-refractivity contribution in [3.05, 3.63) is 54.6 Å². The lowest BCUT2D eigenvalue weighted by molar-refractivity contribution is -0.274. The van der Waals surface area contributed by atoms with E-state index in [1.807, 2.05) is 0 Å². The van der Waals surface area contributed by atoms with Crippen molar-refractivity contribution in [3.63, 3.8) is 0 Å². The lowest BCUT2D eigenvalue weighted by atomic mass is 10.1. The number of nitrogens with zero attached hydrogens (tertiary/aromatic N) is 2. The monoisotopic (exact) mass is 460 g/mol. The van der Waals surface area contributed by atoms with E-state index >= 15 is 0 Å². The van der Waals surface area contributed by atoms with Gasteiger partial charge in [-0.15, -0.1) is 18.3 Å². The molecule has 2 heterocycles. The average molecular weight is 460 g/mol. The number of ether oxygens (including phenoxy) is 2. The third kappa shape index (κ3) is 5.25. The largest absolute Gasteiger partial charge is 0.573 e. The summed E-state index contributed by atoms with van der Waals surface area (Å²) in [5.41, 5.74) is 1.35. The number of carbonyl (C=O) groups is 2. The quantitative estimate of drug-likeness (QED) is 0.587. The van der Waals surface area contributed by atoms with Crippen molar-refractivity contribution in [3.8, 4) is 28.4 Å². The van der Waals surface area contributed by atoms with E-state index in [9.17, 15) is 22.8 Å². The maximum absolute atomic E-state index is 12.7. The first-order chi connectivity index (χ1) is 15.7. The van der Waals surface area contributed by atoms with Crippen LogP contribution < -0.4 is 20.1 Å². The maximum atomic E-state index is 12.7. The molecule has 0 radical (unpaired) electrons. The zero-order valence-electron chi connectivity index (χ0n) is 17.3. The fraction of sp³-hybridized carbons (Fsp3) is 0.227. The number of benzene rings is 2. The first-order valence-corrected chi connectivity index (χ1v) is 9.90. The number of hydrogen-bond donors (Lipinski definition) is 2. The van der Waals surface area contributed by atoms with Crippen LogP contribution in [0, 0.1) is 5.92 Å². The molecule has 2 N–H and O–H groups in total. The molecule has 8 nitrogen and oxygen atoms in total. The normalized spacial score (nSPS) is 15.8. The third-order valence-electron chi connectivity index (χ3n) is 4.97. The van der Waals surface area contributed by atoms with Crippen molar-refractivity contribution >= 4 is 17.6 Å². The summed E-state index contributed by atoms with van der Waals surface area (Å²) >= 11 is 0. The minimum atomic E-state index is -4.84. The van der Waals surface area contributed by atoms with Gasteiger partial charge in [0.25, 0.3) is 0 Å². The predicted molar refractivity (Wildman–Crippen MR) is 112 cm³/mol. The van der Waals surface area contributed by atoms with Crippen LogP contribution in [0.25, 0.3) is 16.9 Å². The molecule has 33 heavy (non-hydrogen) atoms. The fourth-order valence-corrected chi connectivity index (χ4v) is 3.46. The molecule has 0 aliphatic carbocycles. The molecule has 2 amide bonds. The van der Waals surface area contributed by atoms with E-state index < -0.39 is 12.3 Å². The van der Waals surface area contributed by atoms with Gasteiger partial charge in [-0.3, -0.25) is 9.59 Å². The van der Waals surface area contributed by atoms with E-state index in [4.69, 9.17) is 4.74 Å². The molecule has 0 bridgehead atoms. The summed E-state index contributed by atoms with van der Waals surface area (Å²) in [5.74, 6) is -0.793. The Bertz CT molecular complexity index is 1190. The number of aromatic nitrogens is 2. The number of alkyl halides is 3. The molecular formula is C22H19F3N4O4. The van der Waals surface area contributed by atoms with Gasteiger partial charge in [-0.2, -0.15) is 0 Å². The Morgan fingerprint density at radius 1 is 1.15 bits per heavy atom. The summed E-state index contributed by atoms with van der Waals surface area (Å²) in [7, 11) is 1.50. The van der Waals surface area contributed by atoms with Crippen LogP contribution in [0.4, 0.5) is 19.0 Å². The zero-order chi connectivity index (χ0) is 23.6. The van der Waals surface area contributed by atoms with E-state index in [-0.39, 0.29) is 36.3 Å². The number of carbonyl (C=O) groups excluding carboxylic acids is 2. The molecule has 1 saturated heterocycles. The van der Waals surface area contributed by atoms with Gasteiger partial charge in [0.1, 0.15) is 11.5 Å². The highest BCUT2D eigenvalue weighted by atomic mass is 19.4. The Kier molecular flexibility index (Phi) is 5.95. The Morgan fingerprint density at radius 2 is 1.91 bits per heavy atom. The topological polar surface area (TPSA) is 94.5 Å². The number of anilines is 1. The van der Waals surface area contributed by atoms with Gasteiger partial charge >= 0.3 is 6.36 Å². The van der Waals surface area contributed by atoms with E-state index in [2.05, 4.69) is 20.5 Å². The summed E-state index contributed by atoms with van der Waals surface area (Å²) in [6.45, 7) is 0.227. The van der Waals surface area contributed by atoms with E-state index in [0.717, 1.165) is 0 Å². The van der Waals surface area contributed by atoms with E-state index in [1.54, 1.807) is 30.3 Å². The number of amides is 2. The van der Waals surface area contributed by atoms with Crippen LogP contribution >= 0.6 is 0 Å². The predicted octanol–water partition coefficient (Wildman–Crippen LogP) is 3.52. The second kappa shape index (κ2) is 8.85. The fourth-order valence-electron chi connectivity index (χ4n) is 3.46. The summed E-state index contributed by atoms with van der Waals surface area (Å²) < 4.78 is 48.8. The minimum Gasteiger partial charge on any atom is -0.497 e. The van der Waals surface area contributed by atoms with E-state index in [0.29, 0.717) is 22.7 Å². The molecular weight excluding hydrogens is 441 g/mol. The van der Waals surface area contributed by atoms with Crippen molar-refractivity contribution in [2.75, 3.05) is 19.0 Å². The third-order valence-corrected chi connectivity index (χ3v) is 4.97. The molecule has 3 aromatic rings. The SMILES string of the molecule is COc1cccc(-n2nc(NC(=O)[C@@H]3CNC(=O)C3)cc2-c2cccc(OC(F)(F)F)c2)c1. The molecule has 1 aromatic heterocycles. The molecule has 0 saturated carbocycles. The van der Waals surface area contributed by atoms with Crippen LogP contribution in [0.15, 0.2) is 54.6 Å². The summed E-state index contributed by atoms with van der Waals surface area (Å²) in [6.07, 6.45) is -4.76. The molecule has 4 rings (SSSR count). The first kappa shape index (κ1) is 22.2. The highest BCUT2D eigenvalue weighted by Gasteiger charge is 2.31. The number of methoxy groups -OCH3 is 1. The maximum Gasteiger partial charge on any atom is 0.573 e. The second-order valence-electron chi connectivity index (χ2n) is 7.30. The smallest absolute Gasteiger partial charge is 0.497 e. The first-order valence-electron chi connectivity index (χ1n) is 9.90. The number of nitrogens with one attached hydrogen (secondary N) is 2. The minimum absolute atomic E-state index is 0.0755. The van der Waals surface area contributed by atoms with E-state index in [1.165, 1.54) is 36.1 Å². The average Bonchev–Trinajstić information content (AvgIpc) is 3.39. The van der Waals surface area contributed by atoms with Crippen molar-refractivity contribution < 1.29 is 32.2 Å². The van der Waals surface area contributed by atoms with Crippen LogP contribution in [-0.4, -0.2) is 41.6 Å². The second-order valence-corrected chi connectivity index (χ2v) is 7.30. The molecule has 1 aliphatic heterocycles. The zero-order valence-corrected chi connectivity index (χ0v) is 17.3. The van der Waals surface area contributed by atoms with Crippen molar-refractivity contribution in [1.29, 1.82) is 0 Å². The Hall–Kier alpha value is -4.02. The molecule has 172 valence electrons. The van der Waals surface area contributed by atoms with Gasteiger partial charge in [0.05, 0.1) is 24.4 Å². The Balaban J connectivity index is 1.72. The van der Waals surface area contributed by atoms with Gasteiger partial charge in [-0.1, -0.05) is 18.2 Å². The Labute approximate surface area is 186 Å². The van der Waals surface area contributed by atoms with Gasteiger partial charge in [0, 0.05) is 30.7 Å². The van der Waals surface area contributed by atoms with Gasteiger partial charge in [-0.25, -0.2) is 4.68 Å². The molecule has 1 fully saturated rings. The summed E-state index contributed by atoms with van der Waals surface area (Å²) in [5, 5.41) is 9.71. The number of rotatable bonds is 6. The van der Waals surface area contributed by atoms with Crippen LogP contribution in [0.1, 0.15) is 6.42 Å². The Morgan fingerprint density at radius 3 is 2.61 bits per heavy atom. The summed E-state index contributed by atoms with van der Waals surface area (Å²) in [4.78, 5) is 24.0. The highest BCUT2D eigenvalue weighted by Crippen LogP contribution is 2.31. The lowest BCUT2D eigenvalue weighted by Crippen LogP contribution is -2.24. The molecule has 1 atom stereocenters. The standard InChI is InChI=1S/C22H19F3N4O4/c1-32-16-6-3-5-15(10-16)29-18(13-4-2-7-17(8-13)33-22(23,24)25)11-19(28-29)27-21(31)14-9-20(30)26-12-14/h2-8,10-11,14H,9,12H2,1H3,(H,26,30)(H,27,28,31)/t14-/m0/s1. The molecule has 2 aromatic carbocycles. The van der Waals surface area contributed by atoms with Crippen molar-refractivity contribution in [2.45, 2.75) is 12.8 Å². The van der Waals surface area contributed by atoms with Gasteiger partial charge in [-0.05, 0) is 24.3 Å². The number of hydrogen-bond acceptors (Lipinski definition) is 5. The van der Waals surface area contributed by atoms with Crippen LogP contribution in [0.5, 0.6) is 11.5 Å². The molecule has 11 heteroatoms. The van der Waals surface area contributed by atoms with Gasteiger partial charge in [0.2, 0.25) is 11.8 Å². The van der Waals surface area contributed by atoms with Gasteiger partial charge in [0.15, 0.2) is 5.82 Å². The molecule has 0 spiro atoms. The molecule has 0 unspecified atom stereocenters. The van der Waals surface area contributed by atoms with Crippen LogP contribution in [0.3, 0.4) is 0 Å². The lowest BCUT2D eigenvalue weighted by Gasteiger charge is -2.12. The summed E-state index contributed by atoms with van der Waals surface area (Å²) in [6, 6.07) is 13.9. The molecule has 1 aliphatic rings. The van der Waals surface area contributed by atoms with Crippen LogP contribution in [-0.2, 0) is 9.59 Å².